The van der Waals surface area contributed by atoms with Gasteiger partial charge < -0.3 is 10.2 Å². The van der Waals surface area contributed by atoms with Gasteiger partial charge in [0.05, 0.1) is 6.21 Å². The fourth-order valence-electron chi connectivity index (χ4n) is 0.274. The number of aliphatic hydroxyl groups excluding tert-OH is 1. The molecule has 5 nitrogen and oxygen atoms in total. The normalized spacial score (nSPS) is 12.0. The highest BCUT2D eigenvalue weighted by molar-refractivity contribution is 5.89. The molecule has 0 fully saturated rings. The summed E-state index contributed by atoms with van der Waals surface area (Å²) in [6.45, 7) is 1.56. The van der Waals surface area contributed by atoms with Crippen LogP contribution in [0.3, 0.4) is 0 Å². The first-order valence-electron chi connectivity index (χ1n) is 2.59. The van der Waals surface area contributed by atoms with Gasteiger partial charge in [-0.05, 0) is 6.92 Å². The fourth-order valence-corrected chi connectivity index (χ4v) is 0.274. The Bertz CT molecular complexity index is 162. The molecular weight excluding hydrogens is 136 g/mol. The molecule has 0 aliphatic heterocycles. The summed E-state index contributed by atoms with van der Waals surface area (Å²) in [5, 5.41) is 16.3. The van der Waals surface area contributed by atoms with Crippen LogP contribution in [-0.4, -0.2) is 35.0 Å². The molecule has 2 amide bonds. The third kappa shape index (κ3) is 5.07. The average molecular weight is 144 g/mol. The predicted octanol–water partition coefficient (Wildman–Crippen LogP) is -0.421. The third-order valence-electron chi connectivity index (χ3n) is 0.558. The van der Waals surface area contributed by atoms with E-state index in [9.17, 15) is 4.79 Å². The number of rotatable bonds is 1. The summed E-state index contributed by atoms with van der Waals surface area (Å²) in [5.74, 6) is 0. The van der Waals surface area contributed by atoms with Gasteiger partial charge in [-0.1, -0.05) is 0 Å². The second kappa shape index (κ2) is 4.78. The molecule has 0 aromatic heterocycles. The molecule has 0 radical (unpaired) electrons. The lowest BCUT2D eigenvalue weighted by atomic mass is 10.7. The van der Waals surface area contributed by atoms with Gasteiger partial charge in [0, 0.05) is 6.21 Å². The van der Waals surface area contributed by atoms with Gasteiger partial charge in [-0.15, -0.1) is 0 Å². The molecule has 5 heteroatoms. The van der Waals surface area contributed by atoms with Crippen molar-refractivity contribution in [3.8, 4) is 0 Å². The number of hydrogen-bond acceptors (Lipinski definition) is 3. The number of carbonyl (C=O) groups excluding carboxylic acids is 1. The molecule has 2 N–H and O–H groups in total. The molecule has 0 rings (SSSR count). The van der Waals surface area contributed by atoms with E-state index in [0.29, 0.717) is 6.21 Å². The van der Waals surface area contributed by atoms with Gasteiger partial charge in [0.1, 0.15) is 0 Å². The predicted molar refractivity (Wildman–Crippen MR) is 36.3 cm³/mol. The van der Waals surface area contributed by atoms with Crippen molar-refractivity contribution >= 4 is 18.5 Å². The van der Waals surface area contributed by atoms with Crippen LogP contribution in [0.15, 0.2) is 9.98 Å². The summed E-state index contributed by atoms with van der Waals surface area (Å²) < 4.78 is 0. The maximum Gasteiger partial charge on any atom is 0.366 e. The van der Waals surface area contributed by atoms with Crippen LogP contribution in [0.1, 0.15) is 6.92 Å². The maximum absolute atomic E-state index is 10.3. The standard InChI is InChI=1S/C5H8N2O3/c1-2-6-5(10)7-3-4(8)9/h2-4,8-9H,1H3. The molecule has 0 aromatic carbocycles. The molecule has 10 heavy (non-hydrogen) atoms. The molecule has 56 valence electrons. The van der Waals surface area contributed by atoms with Crippen molar-refractivity contribution in [1.82, 2.24) is 0 Å². The monoisotopic (exact) mass is 144 g/mol. The quantitative estimate of drug-likeness (QED) is 0.387. The summed E-state index contributed by atoms with van der Waals surface area (Å²) in [7, 11) is 0. The maximum atomic E-state index is 10.3. The van der Waals surface area contributed by atoms with Crippen LogP contribution in [0.2, 0.25) is 0 Å². The van der Waals surface area contributed by atoms with Gasteiger partial charge in [-0.3, -0.25) is 0 Å². The molecular formula is C5H8N2O3. The lowest BCUT2D eigenvalue weighted by molar-refractivity contribution is 0.0239. The largest absolute Gasteiger partial charge is 0.366 e. The van der Waals surface area contributed by atoms with E-state index in [1.54, 1.807) is 6.92 Å². The van der Waals surface area contributed by atoms with Gasteiger partial charge >= 0.3 is 6.03 Å². The zero-order valence-electron chi connectivity index (χ0n) is 5.43. The van der Waals surface area contributed by atoms with Gasteiger partial charge in [0.25, 0.3) is 0 Å². The van der Waals surface area contributed by atoms with Crippen molar-refractivity contribution in [2.24, 2.45) is 9.98 Å². The van der Waals surface area contributed by atoms with Crippen molar-refractivity contribution < 1.29 is 15.0 Å². The van der Waals surface area contributed by atoms with E-state index >= 15 is 0 Å². The van der Waals surface area contributed by atoms with Crippen molar-refractivity contribution in [3.63, 3.8) is 0 Å². The Kier molecular flexibility index (Phi) is 4.26. The number of urea groups is 1. The molecule has 0 bridgehead atoms. The number of aliphatic hydroxyl groups is 2. The van der Waals surface area contributed by atoms with Crippen molar-refractivity contribution in [3.05, 3.63) is 0 Å². The Morgan fingerprint density at radius 2 is 2.10 bits per heavy atom. The van der Waals surface area contributed by atoms with Crippen molar-refractivity contribution in [1.29, 1.82) is 0 Å². The van der Waals surface area contributed by atoms with E-state index in [4.69, 9.17) is 10.2 Å². The molecule has 0 aliphatic rings. The Morgan fingerprint density at radius 3 is 2.50 bits per heavy atom. The first-order chi connectivity index (χ1) is 4.66. The zero-order valence-corrected chi connectivity index (χ0v) is 5.43. The second-order valence-electron chi connectivity index (χ2n) is 1.36. The van der Waals surface area contributed by atoms with E-state index in [2.05, 4.69) is 9.98 Å². The van der Waals surface area contributed by atoms with E-state index in [-0.39, 0.29) is 0 Å². The van der Waals surface area contributed by atoms with Gasteiger partial charge in [-0.25, -0.2) is 9.79 Å². The SMILES string of the molecule is CC=NC(=O)N=CC(O)O. The zero-order chi connectivity index (χ0) is 7.98. The highest BCUT2D eigenvalue weighted by Crippen LogP contribution is 1.79. The van der Waals surface area contributed by atoms with Crippen LogP contribution >= 0.6 is 0 Å². The Labute approximate surface area is 57.7 Å². The fraction of sp³-hybridized carbons (Fsp3) is 0.400. The van der Waals surface area contributed by atoms with E-state index in [1.807, 2.05) is 0 Å². The molecule has 0 atom stereocenters. The highest BCUT2D eigenvalue weighted by Gasteiger charge is 1.92. The molecule has 0 saturated carbocycles. The lowest BCUT2D eigenvalue weighted by Crippen LogP contribution is -2.06. The summed E-state index contributed by atoms with van der Waals surface area (Å²) in [4.78, 5) is 16.6. The van der Waals surface area contributed by atoms with Crippen LogP contribution in [0.25, 0.3) is 0 Å². The molecule has 0 unspecified atom stereocenters. The highest BCUT2D eigenvalue weighted by atomic mass is 16.5. The summed E-state index contributed by atoms with van der Waals surface area (Å²) in [6, 6.07) is -0.754. The van der Waals surface area contributed by atoms with Crippen LogP contribution in [0.4, 0.5) is 4.79 Å². The summed E-state index contributed by atoms with van der Waals surface area (Å²) in [5.41, 5.74) is 0. The average Bonchev–Trinajstić information content (AvgIpc) is 1.85. The molecule has 0 aromatic rings. The van der Waals surface area contributed by atoms with E-state index in [1.165, 1.54) is 6.21 Å². The Morgan fingerprint density at radius 1 is 1.50 bits per heavy atom. The minimum absolute atomic E-state index is 0.690. The number of aliphatic imine (C=N–C) groups is 2. The van der Waals surface area contributed by atoms with Crippen LogP contribution in [0.5, 0.6) is 0 Å². The number of amides is 2. The van der Waals surface area contributed by atoms with Crippen molar-refractivity contribution in [2.45, 2.75) is 13.2 Å². The van der Waals surface area contributed by atoms with E-state index < -0.39 is 12.3 Å². The smallest absolute Gasteiger partial charge is 0.364 e. The van der Waals surface area contributed by atoms with Gasteiger partial charge in [-0.2, -0.15) is 4.99 Å². The first-order valence-corrected chi connectivity index (χ1v) is 2.59. The Hall–Kier alpha value is -1.07. The first kappa shape index (κ1) is 8.93. The molecule has 0 saturated heterocycles. The van der Waals surface area contributed by atoms with Crippen molar-refractivity contribution in [2.75, 3.05) is 0 Å². The minimum Gasteiger partial charge on any atom is -0.364 e. The molecule has 0 heterocycles. The van der Waals surface area contributed by atoms with Crippen LogP contribution in [-0.2, 0) is 0 Å². The topological polar surface area (TPSA) is 82.2 Å². The Balaban J connectivity index is 3.78. The van der Waals surface area contributed by atoms with Crippen LogP contribution in [0, 0.1) is 0 Å². The van der Waals surface area contributed by atoms with E-state index in [0.717, 1.165) is 0 Å². The second-order valence-corrected chi connectivity index (χ2v) is 1.36. The molecule has 0 aliphatic carbocycles. The number of nitrogens with zero attached hydrogens (tertiary/aromatic N) is 2. The number of hydrogen-bond donors (Lipinski definition) is 2. The summed E-state index contributed by atoms with van der Waals surface area (Å²) in [6.07, 6.45) is 0.259. The molecule has 0 spiro atoms. The summed E-state index contributed by atoms with van der Waals surface area (Å²) >= 11 is 0. The van der Waals surface area contributed by atoms with Gasteiger partial charge in [0.15, 0.2) is 6.29 Å². The lowest BCUT2D eigenvalue weighted by Gasteiger charge is -1.88. The van der Waals surface area contributed by atoms with Crippen LogP contribution < -0.4 is 0 Å². The third-order valence-corrected chi connectivity index (χ3v) is 0.558. The van der Waals surface area contributed by atoms with Gasteiger partial charge in [0.2, 0.25) is 0 Å². The minimum atomic E-state index is -1.70. The number of carbonyl (C=O) groups is 1.